The highest BCUT2D eigenvalue weighted by atomic mass is 35.5. The summed E-state index contributed by atoms with van der Waals surface area (Å²) < 4.78 is 11.2. The van der Waals surface area contributed by atoms with Gasteiger partial charge in [0.05, 0.1) is 5.02 Å². The van der Waals surface area contributed by atoms with Gasteiger partial charge < -0.3 is 14.8 Å². The molecule has 1 heterocycles. The van der Waals surface area contributed by atoms with E-state index in [-0.39, 0.29) is 6.10 Å². The first-order valence-corrected chi connectivity index (χ1v) is 7.88. The number of nitrogens with one attached hydrogen (secondary N) is 2. The second-order valence-corrected chi connectivity index (χ2v) is 6.77. The van der Waals surface area contributed by atoms with Gasteiger partial charge in [-0.2, -0.15) is 0 Å². The highest BCUT2D eigenvalue weighted by molar-refractivity contribution is 6.32. The van der Waals surface area contributed by atoms with Crippen LogP contribution in [0.1, 0.15) is 33.6 Å². The molecule has 1 aromatic carbocycles. The lowest BCUT2D eigenvalue weighted by molar-refractivity contribution is 0.0636. The predicted octanol–water partition coefficient (Wildman–Crippen LogP) is 3.82. The van der Waals surface area contributed by atoms with Gasteiger partial charge in [0.15, 0.2) is 0 Å². The normalized spacial score (nSPS) is 18.6. The topological polar surface area (TPSA) is 59.6 Å². The number of benzene rings is 1. The van der Waals surface area contributed by atoms with Crippen molar-refractivity contribution < 1.29 is 14.3 Å². The Morgan fingerprint density at radius 2 is 2.18 bits per heavy atom. The second-order valence-electron chi connectivity index (χ2n) is 6.36. The number of carbonyl (C=O) groups excluding carboxylic acids is 1. The number of carbonyl (C=O) groups is 1. The summed E-state index contributed by atoms with van der Waals surface area (Å²) in [6.07, 6.45) is 1.67. The van der Waals surface area contributed by atoms with Gasteiger partial charge in [0, 0.05) is 18.3 Å². The molecule has 1 aromatic rings. The number of anilines is 1. The lowest BCUT2D eigenvalue weighted by atomic mass is 10.1. The Bertz CT molecular complexity index is 523. The first-order valence-electron chi connectivity index (χ1n) is 7.50. The number of halogens is 1. The van der Waals surface area contributed by atoms with Gasteiger partial charge in [0.2, 0.25) is 0 Å². The summed E-state index contributed by atoms with van der Waals surface area (Å²) in [6, 6.07) is 5.15. The Morgan fingerprint density at radius 3 is 2.82 bits per heavy atom. The van der Waals surface area contributed by atoms with Crippen LogP contribution >= 0.6 is 11.6 Å². The van der Waals surface area contributed by atoms with Gasteiger partial charge in [-0.05, 0) is 52.3 Å². The average molecular weight is 327 g/mol. The SMILES string of the molecule is CC(C)(C)OC(=O)Nc1ccc(Cl)c(OC2CCCNC2)c1. The van der Waals surface area contributed by atoms with Gasteiger partial charge in [-0.15, -0.1) is 0 Å². The molecule has 5 nitrogen and oxygen atoms in total. The molecule has 0 spiro atoms. The minimum absolute atomic E-state index is 0.100. The summed E-state index contributed by atoms with van der Waals surface area (Å²) in [7, 11) is 0. The van der Waals surface area contributed by atoms with E-state index < -0.39 is 11.7 Å². The summed E-state index contributed by atoms with van der Waals surface area (Å²) in [5.41, 5.74) is 0.0567. The number of piperidine rings is 1. The smallest absolute Gasteiger partial charge is 0.412 e. The van der Waals surface area contributed by atoms with E-state index in [0.29, 0.717) is 16.5 Å². The molecule has 0 aromatic heterocycles. The van der Waals surface area contributed by atoms with Crippen molar-refractivity contribution in [1.82, 2.24) is 5.32 Å². The number of hydrogen-bond acceptors (Lipinski definition) is 4. The van der Waals surface area contributed by atoms with Gasteiger partial charge >= 0.3 is 6.09 Å². The molecule has 2 N–H and O–H groups in total. The Balaban J connectivity index is 2.01. The molecule has 1 aliphatic heterocycles. The van der Waals surface area contributed by atoms with Crippen molar-refractivity contribution in [2.24, 2.45) is 0 Å². The first kappa shape index (κ1) is 16.9. The van der Waals surface area contributed by atoms with E-state index in [2.05, 4.69) is 10.6 Å². The fourth-order valence-corrected chi connectivity index (χ4v) is 2.35. The van der Waals surface area contributed by atoms with E-state index in [9.17, 15) is 4.79 Å². The van der Waals surface area contributed by atoms with Crippen molar-refractivity contribution in [2.75, 3.05) is 18.4 Å². The van der Waals surface area contributed by atoms with Gasteiger partial charge in [-0.1, -0.05) is 11.6 Å². The molecule has 6 heteroatoms. The average Bonchev–Trinajstić information content (AvgIpc) is 2.41. The van der Waals surface area contributed by atoms with Gasteiger partial charge in [0.1, 0.15) is 17.5 Å². The molecule has 1 amide bonds. The number of amides is 1. The zero-order valence-electron chi connectivity index (χ0n) is 13.2. The van der Waals surface area contributed by atoms with E-state index in [1.165, 1.54) is 0 Å². The standard InChI is InChI=1S/C16H23ClN2O3/c1-16(2,3)22-15(20)19-11-6-7-13(17)14(9-11)21-12-5-4-8-18-10-12/h6-7,9,12,18H,4-5,8,10H2,1-3H3,(H,19,20). The lowest BCUT2D eigenvalue weighted by Gasteiger charge is -2.24. The maximum atomic E-state index is 11.8. The molecule has 122 valence electrons. The zero-order valence-corrected chi connectivity index (χ0v) is 14.0. The van der Waals surface area contributed by atoms with Crippen LogP contribution in [-0.4, -0.2) is 30.9 Å². The molecule has 22 heavy (non-hydrogen) atoms. The fourth-order valence-electron chi connectivity index (χ4n) is 2.19. The van der Waals surface area contributed by atoms with Crippen molar-refractivity contribution in [3.8, 4) is 5.75 Å². The minimum atomic E-state index is -0.538. The van der Waals surface area contributed by atoms with Crippen molar-refractivity contribution in [1.29, 1.82) is 0 Å². The summed E-state index contributed by atoms with van der Waals surface area (Å²) in [5.74, 6) is 0.573. The third-order valence-corrected chi connectivity index (χ3v) is 3.43. The van der Waals surface area contributed by atoms with E-state index in [1.807, 2.05) is 20.8 Å². The molecular weight excluding hydrogens is 304 g/mol. The number of ether oxygens (including phenoxy) is 2. The third kappa shape index (κ3) is 5.39. The molecule has 1 fully saturated rings. The maximum Gasteiger partial charge on any atom is 0.412 e. The molecule has 0 radical (unpaired) electrons. The minimum Gasteiger partial charge on any atom is -0.487 e. The number of hydrogen-bond donors (Lipinski definition) is 2. The number of rotatable bonds is 3. The van der Waals surface area contributed by atoms with Crippen LogP contribution in [0.2, 0.25) is 5.02 Å². The first-order chi connectivity index (χ1) is 10.3. The molecule has 1 aliphatic rings. The van der Waals surface area contributed by atoms with E-state index >= 15 is 0 Å². The van der Waals surface area contributed by atoms with Crippen LogP contribution in [0.25, 0.3) is 0 Å². The molecule has 0 bridgehead atoms. The van der Waals surface area contributed by atoms with Crippen LogP contribution in [0, 0.1) is 0 Å². The monoisotopic (exact) mass is 326 g/mol. The maximum absolute atomic E-state index is 11.8. The van der Waals surface area contributed by atoms with Crippen molar-refractivity contribution >= 4 is 23.4 Å². The summed E-state index contributed by atoms with van der Waals surface area (Å²) in [4.78, 5) is 11.8. The van der Waals surface area contributed by atoms with E-state index in [0.717, 1.165) is 25.9 Å². The van der Waals surface area contributed by atoms with Gasteiger partial charge in [0.25, 0.3) is 0 Å². The van der Waals surface area contributed by atoms with Crippen LogP contribution in [0.4, 0.5) is 10.5 Å². The molecule has 2 rings (SSSR count). The van der Waals surface area contributed by atoms with Crippen molar-refractivity contribution in [3.05, 3.63) is 23.2 Å². The highest BCUT2D eigenvalue weighted by Crippen LogP contribution is 2.29. The zero-order chi connectivity index (χ0) is 16.2. The predicted molar refractivity (Wildman–Crippen MR) is 87.8 cm³/mol. The van der Waals surface area contributed by atoms with Crippen LogP contribution in [0.15, 0.2) is 18.2 Å². The summed E-state index contributed by atoms with van der Waals surface area (Å²) >= 11 is 6.17. The van der Waals surface area contributed by atoms with Crippen LogP contribution in [0.5, 0.6) is 5.75 Å². The summed E-state index contributed by atoms with van der Waals surface area (Å²) in [5, 5.41) is 6.51. The van der Waals surface area contributed by atoms with Gasteiger partial charge in [-0.3, -0.25) is 5.32 Å². The lowest BCUT2D eigenvalue weighted by Crippen LogP contribution is -2.37. The van der Waals surface area contributed by atoms with Crippen molar-refractivity contribution in [3.63, 3.8) is 0 Å². The van der Waals surface area contributed by atoms with Gasteiger partial charge in [-0.25, -0.2) is 4.79 Å². The summed E-state index contributed by atoms with van der Waals surface area (Å²) in [6.45, 7) is 7.28. The Hall–Kier alpha value is -1.46. The Kier molecular flexibility index (Phi) is 5.53. The Labute approximate surface area is 136 Å². The quantitative estimate of drug-likeness (QED) is 0.886. The molecule has 1 unspecified atom stereocenters. The highest BCUT2D eigenvalue weighted by Gasteiger charge is 2.18. The molecular formula is C16H23ClN2O3. The van der Waals surface area contributed by atoms with Crippen LogP contribution < -0.4 is 15.4 Å². The molecule has 0 saturated carbocycles. The second kappa shape index (κ2) is 7.20. The molecule has 1 atom stereocenters. The third-order valence-electron chi connectivity index (χ3n) is 3.12. The molecule has 0 aliphatic carbocycles. The van der Waals surface area contributed by atoms with E-state index in [1.54, 1.807) is 18.2 Å². The van der Waals surface area contributed by atoms with E-state index in [4.69, 9.17) is 21.1 Å². The van der Waals surface area contributed by atoms with Crippen LogP contribution in [-0.2, 0) is 4.74 Å². The largest absolute Gasteiger partial charge is 0.487 e. The fraction of sp³-hybridized carbons (Fsp3) is 0.562. The van der Waals surface area contributed by atoms with Crippen LogP contribution in [0.3, 0.4) is 0 Å². The molecule has 1 saturated heterocycles. The van der Waals surface area contributed by atoms with Crippen molar-refractivity contribution in [2.45, 2.75) is 45.3 Å². The Morgan fingerprint density at radius 1 is 1.41 bits per heavy atom.